The Morgan fingerprint density at radius 2 is 1.28 bits per heavy atom. The lowest BCUT2D eigenvalue weighted by molar-refractivity contribution is 0.0522. The van der Waals surface area contributed by atoms with E-state index in [1.54, 1.807) is 0 Å². The molecule has 0 rings (SSSR count). The Balaban J connectivity index is 3.22. The van der Waals surface area contributed by atoms with Crippen molar-refractivity contribution < 1.29 is 14.6 Å². The van der Waals surface area contributed by atoms with Crippen molar-refractivity contribution in [3.63, 3.8) is 0 Å². The van der Waals surface area contributed by atoms with E-state index < -0.39 is 0 Å². The Bertz CT molecular complexity index is 194. The van der Waals surface area contributed by atoms with E-state index in [-0.39, 0.29) is 12.0 Å². The summed E-state index contributed by atoms with van der Waals surface area (Å²) in [7, 11) is 0. The Morgan fingerprint density at radius 3 is 1.72 bits per heavy atom. The van der Waals surface area contributed by atoms with E-state index in [0.29, 0.717) is 5.41 Å². The summed E-state index contributed by atoms with van der Waals surface area (Å²) in [6.07, 6.45) is 2.94. The van der Waals surface area contributed by atoms with Crippen LogP contribution in [-0.2, 0) is 9.47 Å². The molecule has 0 aliphatic carbocycles. The summed E-state index contributed by atoms with van der Waals surface area (Å²) < 4.78 is 11.1. The molecule has 0 radical (unpaired) electrons. The van der Waals surface area contributed by atoms with Gasteiger partial charge in [-0.25, -0.2) is 0 Å². The molecule has 0 aliphatic heterocycles. The molecule has 0 spiro atoms. The van der Waals surface area contributed by atoms with Crippen LogP contribution in [0.1, 0.15) is 53.9 Å². The number of aliphatic hydroxyl groups is 1. The van der Waals surface area contributed by atoms with Gasteiger partial charge in [-0.3, -0.25) is 0 Å². The molecule has 0 amide bonds. The number of hydrogen-bond acceptors (Lipinski definition) is 3. The van der Waals surface area contributed by atoms with Crippen molar-refractivity contribution in [1.82, 2.24) is 0 Å². The van der Waals surface area contributed by atoms with E-state index in [1.807, 2.05) is 13.8 Å². The van der Waals surface area contributed by atoms with Crippen LogP contribution in [0, 0.1) is 10.8 Å². The molecule has 0 fully saturated rings. The van der Waals surface area contributed by atoms with E-state index in [2.05, 4.69) is 20.8 Å². The minimum absolute atomic E-state index is 0.0246. The van der Waals surface area contributed by atoms with Crippen molar-refractivity contribution >= 4 is 0 Å². The van der Waals surface area contributed by atoms with Crippen LogP contribution >= 0.6 is 0 Å². The second-order valence-electron chi connectivity index (χ2n) is 6.96. The molecular weight excluding hydrogens is 228 g/mol. The molecule has 0 aliphatic rings. The topological polar surface area (TPSA) is 38.7 Å². The summed E-state index contributed by atoms with van der Waals surface area (Å²) >= 11 is 0. The minimum Gasteiger partial charge on any atom is -0.396 e. The van der Waals surface area contributed by atoms with Gasteiger partial charge in [-0.05, 0) is 30.1 Å². The molecule has 0 unspecified atom stereocenters. The van der Waals surface area contributed by atoms with Crippen molar-refractivity contribution in [2.24, 2.45) is 10.8 Å². The summed E-state index contributed by atoms with van der Waals surface area (Å²) in [4.78, 5) is 0. The van der Waals surface area contributed by atoms with Crippen LogP contribution in [-0.4, -0.2) is 38.1 Å². The molecule has 3 nitrogen and oxygen atoms in total. The smallest absolute Gasteiger partial charge is 0.0487 e. The molecule has 0 atom stereocenters. The van der Waals surface area contributed by atoms with Crippen molar-refractivity contribution in [3.8, 4) is 0 Å². The first-order chi connectivity index (χ1) is 8.27. The van der Waals surface area contributed by atoms with Crippen molar-refractivity contribution in [2.45, 2.75) is 53.9 Å². The van der Waals surface area contributed by atoms with Gasteiger partial charge in [0.2, 0.25) is 0 Å². The summed E-state index contributed by atoms with van der Waals surface area (Å²) in [6, 6.07) is 0. The predicted octanol–water partition coefficient (Wildman–Crippen LogP) is 3.25. The Morgan fingerprint density at radius 1 is 0.778 bits per heavy atom. The lowest BCUT2D eigenvalue weighted by Gasteiger charge is -2.21. The zero-order valence-corrected chi connectivity index (χ0v) is 12.9. The highest BCUT2D eigenvalue weighted by molar-refractivity contribution is 4.65. The average molecular weight is 260 g/mol. The zero-order valence-electron chi connectivity index (χ0n) is 12.9. The lowest BCUT2D eigenvalue weighted by Crippen LogP contribution is -2.19. The van der Waals surface area contributed by atoms with Crippen molar-refractivity contribution in [3.05, 3.63) is 0 Å². The molecule has 3 heteroatoms. The van der Waals surface area contributed by atoms with Gasteiger partial charge in [0, 0.05) is 33.0 Å². The van der Waals surface area contributed by atoms with Gasteiger partial charge < -0.3 is 14.6 Å². The van der Waals surface area contributed by atoms with E-state index >= 15 is 0 Å². The number of rotatable bonds is 10. The molecule has 0 bridgehead atoms. The predicted molar refractivity (Wildman–Crippen MR) is 75.8 cm³/mol. The molecule has 18 heavy (non-hydrogen) atoms. The summed E-state index contributed by atoms with van der Waals surface area (Å²) in [5.41, 5.74) is 0.329. The van der Waals surface area contributed by atoms with E-state index in [0.717, 1.165) is 45.7 Å². The van der Waals surface area contributed by atoms with Crippen LogP contribution in [0.3, 0.4) is 0 Å². The van der Waals surface area contributed by atoms with Gasteiger partial charge in [0.15, 0.2) is 0 Å². The molecule has 0 aromatic carbocycles. The van der Waals surface area contributed by atoms with Gasteiger partial charge in [0.25, 0.3) is 0 Å². The number of aliphatic hydroxyl groups excluding tert-OH is 1. The lowest BCUT2D eigenvalue weighted by atomic mass is 9.91. The maximum absolute atomic E-state index is 9.08. The van der Waals surface area contributed by atoms with Gasteiger partial charge >= 0.3 is 0 Å². The summed E-state index contributed by atoms with van der Waals surface area (Å²) in [5, 5.41) is 9.08. The highest BCUT2D eigenvalue weighted by atomic mass is 16.5. The molecular formula is C15H32O3. The summed E-state index contributed by atoms with van der Waals surface area (Å²) in [6.45, 7) is 14.1. The van der Waals surface area contributed by atoms with Crippen molar-refractivity contribution in [1.29, 1.82) is 0 Å². The van der Waals surface area contributed by atoms with E-state index in [9.17, 15) is 0 Å². The molecule has 1 N–H and O–H groups in total. The van der Waals surface area contributed by atoms with Crippen LogP contribution in [0.25, 0.3) is 0 Å². The van der Waals surface area contributed by atoms with E-state index in [4.69, 9.17) is 14.6 Å². The maximum Gasteiger partial charge on any atom is 0.0487 e. The minimum atomic E-state index is -0.0246. The SMILES string of the molecule is CC(C)(C)CCOCCCOCCC(C)(C)CO. The van der Waals surface area contributed by atoms with E-state index in [1.165, 1.54) is 0 Å². The third kappa shape index (κ3) is 12.3. The Hall–Kier alpha value is -0.120. The largest absolute Gasteiger partial charge is 0.396 e. The molecule has 110 valence electrons. The monoisotopic (exact) mass is 260 g/mol. The Labute approximate surface area is 113 Å². The fourth-order valence-corrected chi connectivity index (χ4v) is 1.27. The molecule has 0 aromatic rings. The summed E-state index contributed by atoms with van der Waals surface area (Å²) in [5.74, 6) is 0. The number of hydrogen-bond donors (Lipinski definition) is 1. The van der Waals surface area contributed by atoms with Gasteiger partial charge in [0.05, 0.1) is 0 Å². The number of ether oxygens (including phenoxy) is 2. The van der Waals surface area contributed by atoms with Crippen molar-refractivity contribution in [2.75, 3.05) is 33.0 Å². The average Bonchev–Trinajstić information content (AvgIpc) is 2.25. The highest BCUT2D eigenvalue weighted by Gasteiger charge is 2.15. The molecule has 0 heterocycles. The fraction of sp³-hybridized carbons (Fsp3) is 1.00. The third-order valence-corrected chi connectivity index (χ3v) is 2.92. The van der Waals surface area contributed by atoms with Gasteiger partial charge in [-0.1, -0.05) is 34.6 Å². The molecule has 0 saturated carbocycles. The zero-order chi connectivity index (χ0) is 14.1. The normalized spacial score (nSPS) is 13.0. The van der Waals surface area contributed by atoms with Crippen LogP contribution in [0.2, 0.25) is 0 Å². The van der Waals surface area contributed by atoms with Gasteiger partial charge in [-0.15, -0.1) is 0 Å². The first kappa shape index (κ1) is 17.9. The Kier molecular flexibility index (Phi) is 8.83. The van der Waals surface area contributed by atoms with Crippen LogP contribution in [0.4, 0.5) is 0 Å². The first-order valence-electron chi connectivity index (χ1n) is 7.03. The molecule has 0 saturated heterocycles. The van der Waals surface area contributed by atoms with Gasteiger partial charge in [0.1, 0.15) is 0 Å². The van der Waals surface area contributed by atoms with Gasteiger partial charge in [-0.2, -0.15) is 0 Å². The standard InChI is InChI=1S/C15H32O3/c1-14(2,3)7-11-17-9-6-10-18-12-8-15(4,5)13-16/h16H,6-13H2,1-5H3. The van der Waals surface area contributed by atoms with Crippen LogP contribution in [0.15, 0.2) is 0 Å². The second-order valence-corrected chi connectivity index (χ2v) is 6.96. The fourth-order valence-electron chi connectivity index (χ4n) is 1.27. The highest BCUT2D eigenvalue weighted by Crippen LogP contribution is 2.19. The van der Waals surface area contributed by atoms with Crippen LogP contribution in [0.5, 0.6) is 0 Å². The van der Waals surface area contributed by atoms with Crippen LogP contribution < -0.4 is 0 Å². The quantitative estimate of drug-likeness (QED) is 0.613. The molecule has 0 aromatic heterocycles. The second kappa shape index (κ2) is 8.89. The maximum atomic E-state index is 9.08. The third-order valence-electron chi connectivity index (χ3n) is 2.92. The first-order valence-corrected chi connectivity index (χ1v) is 7.03.